The first-order valence-corrected chi connectivity index (χ1v) is 11.8. The van der Waals surface area contributed by atoms with Gasteiger partial charge < -0.3 is 14.2 Å². The van der Waals surface area contributed by atoms with E-state index in [0.29, 0.717) is 12.5 Å². The van der Waals surface area contributed by atoms with Crippen molar-refractivity contribution in [1.82, 2.24) is 9.55 Å². The van der Waals surface area contributed by atoms with E-state index in [1.807, 2.05) is 102 Å². The van der Waals surface area contributed by atoms with E-state index in [4.69, 9.17) is 9.72 Å². The van der Waals surface area contributed by atoms with Crippen LogP contribution in [-0.4, -0.2) is 42.1 Å². The summed E-state index contributed by atoms with van der Waals surface area (Å²) in [5, 5.41) is 0. The summed E-state index contributed by atoms with van der Waals surface area (Å²) in [5.74, 6) is -1.34. The number of carbonyl (C=O) groups excluding carboxylic acids is 2. The van der Waals surface area contributed by atoms with Crippen LogP contribution in [0.15, 0.2) is 78.9 Å². The van der Waals surface area contributed by atoms with E-state index in [-0.39, 0.29) is 12.5 Å². The number of esters is 1. The molecule has 5 rings (SSSR count). The summed E-state index contributed by atoms with van der Waals surface area (Å²) in [6, 6.07) is 24.9. The second-order valence-corrected chi connectivity index (χ2v) is 8.84. The van der Waals surface area contributed by atoms with Crippen molar-refractivity contribution in [3.8, 4) is 0 Å². The average molecular weight is 469 g/mol. The molecule has 3 aromatic carbocycles. The zero-order valence-corrected chi connectivity index (χ0v) is 20.1. The maximum atomic E-state index is 14.0. The molecule has 2 atom stereocenters. The SMILES string of the molecule is CCOC(=O)[C@H]1C(=O)N(Cc2ccccc2)c2nc3ccccc3n2[C@H]1c1ccc(N(C)C)cc1. The first kappa shape index (κ1) is 22.7. The van der Waals surface area contributed by atoms with E-state index in [2.05, 4.69) is 0 Å². The third-order valence-corrected chi connectivity index (χ3v) is 6.42. The summed E-state index contributed by atoms with van der Waals surface area (Å²) >= 11 is 0. The smallest absolute Gasteiger partial charge is 0.321 e. The van der Waals surface area contributed by atoms with Crippen LogP contribution in [-0.2, 0) is 20.9 Å². The lowest BCUT2D eigenvalue weighted by Gasteiger charge is -2.38. The lowest BCUT2D eigenvalue weighted by molar-refractivity contribution is -0.153. The molecular formula is C28H28N4O3. The Morgan fingerprint density at radius 2 is 1.66 bits per heavy atom. The first-order valence-electron chi connectivity index (χ1n) is 11.8. The van der Waals surface area contributed by atoms with Crippen molar-refractivity contribution in [2.24, 2.45) is 5.92 Å². The van der Waals surface area contributed by atoms with Crippen LogP contribution in [0.4, 0.5) is 11.6 Å². The number of benzene rings is 3. The maximum Gasteiger partial charge on any atom is 0.321 e. The summed E-state index contributed by atoms with van der Waals surface area (Å²) in [4.78, 5) is 35.8. The summed E-state index contributed by atoms with van der Waals surface area (Å²) in [7, 11) is 3.95. The van der Waals surface area contributed by atoms with Crippen LogP contribution in [0, 0.1) is 5.92 Å². The Balaban J connectivity index is 1.72. The molecule has 0 unspecified atom stereocenters. The molecule has 0 radical (unpaired) electrons. The molecule has 0 bridgehead atoms. The maximum absolute atomic E-state index is 14.0. The van der Waals surface area contributed by atoms with Crippen molar-refractivity contribution >= 4 is 34.5 Å². The van der Waals surface area contributed by atoms with Gasteiger partial charge in [-0.3, -0.25) is 14.5 Å². The number of ether oxygens (including phenoxy) is 1. The van der Waals surface area contributed by atoms with E-state index in [1.54, 1.807) is 11.8 Å². The molecule has 4 aromatic rings. The summed E-state index contributed by atoms with van der Waals surface area (Å²) in [6.45, 7) is 2.27. The predicted octanol–water partition coefficient (Wildman–Crippen LogP) is 4.42. The Kier molecular flexibility index (Phi) is 5.99. The average Bonchev–Trinajstić information content (AvgIpc) is 3.25. The van der Waals surface area contributed by atoms with Crippen molar-refractivity contribution in [3.05, 3.63) is 90.0 Å². The molecular weight excluding hydrogens is 440 g/mol. The Morgan fingerprint density at radius 1 is 0.971 bits per heavy atom. The number of para-hydroxylation sites is 2. The molecule has 7 nitrogen and oxygen atoms in total. The van der Waals surface area contributed by atoms with Gasteiger partial charge in [-0.25, -0.2) is 4.98 Å². The molecule has 1 aliphatic rings. The Hall–Kier alpha value is -4.13. The highest BCUT2D eigenvalue weighted by molar-refractivity contribution is 6.08. The normalized spacial score (nSPS) is 17.3. The first-order chi connectivity index (χ1) is 17.0. The van der Waals surface area contributed by atoms with Crippen molar-refractivity contribution in [3.63, 3.8) is 0 Å². The topological polar surface area (TPSA) is 67.7 Å². The van der Waals surface area contributed by atoms with Gasteiger partial charge in [0, 0.05) is 19.8 Å². The summed E-state index contributed by atoms with van der Waals surface area (Å²) in [6.07, 6.45) is 0. The second-order valence-electron chi connectivity index (χ2n) is 8.84. The lowest BCUT2D eigenvalue weighted by Crippen LogP contribution is -2.49. The van der Waals surface area contributed by atoms with E-state index >= 15 is 0 Å². The number of imidazole rings is 1. The van der Waals surface area contributed by atoms with Crippen LogP contribution in [0.3, 0.4) is 0 Å². The minimum Gasteiger partial charge on any atom is -0.465 e. The largest absolute Gasteiger partial charge is 0.465 e. The molecule has 0 N–H and O–H groups in total. The van der Waals surface area contributed by atoms with E-state index < -0.39 is 17.9 Å². The van der Waals surface area contributed by atoms with Gasteiger partial charge in [0.05, 0.1) is 30.2 Å². The quantitative estimate of drug-likeness (QED) is 0.310. The van der Waals surface area contributed by atoms with Gasteiger partial charge in [-0.05, 0) is 42.3 Å². The van der Waals surface area contributed by atoms with Gasteiger partial charge in [-0.1, -0.05) is 54.6 Å². The van der Waals surface area contributed by atoms with Crippen LogP contribution >= 0.6 is 0 Å². The molecule has 7 heteroatoms. The highest BCUT2D eigenvalue weighted by atomic mass is 16.5. The molecule has 35 heavy (non-hydrogen) atoms. The Labute approximate surface area is 204 Å². The number of rotatable bonds is 6. The number of anilines is 2. The minimum atomic E-state index is -1.03. The zero-order valence-electron chi connectivity index (χ0n) is 20.1. The highest BCUT2D eigenvalue weighted by Crippen LogP contribution is 2.42. The molecule has 2 heterocycles. The number of hydrogen-bond acceptors (Lipinski definition) is 5. The van der Waals surface area contributed by atoms with Gasteiger partial charge in [0.25, 0.3) is 0 Å². The number of nitrogens with zero attached hydrogens (tertiary/aromatic N) is 4. The summed E-state index contributed by atoms with van der Waals surface area (Å²) < 4.78 is 7.46. The summed E-state index contributed by atoms with van der Waals surface area (Å²) in [5.41, 5.74) is 4.48. The van der Waals surface area contributed by atoms with Gasteiger partial charge in [-0.15, -0.1) is 0 Å². The van der Waals surface area contributed by atoms with Crippen molar-refractivity contribution < 1.29 is 14.3 Å². The van der Waals surface area contributed by atoms with Crippen LogP contribution in [0.25, 0.3) is 11.0 Å². The predicted molar refractivity (Wildman–Crippen MR) is 136 cm³/mol. The molecule has 1 aliphatic heterocycles. The number of carbonyl (C=O) groups is 2. The third kappa shape index (κ3) is 4.03. The van der Waals surface area contributed by atoms with Crippen LogP contribution in [0.1, 0.15) is 24.1 Å². The van der Waals surface area contributed by atoms with Gasteiger partial charge in [0.15, 0.2) is 5.92 Å². The lowest BCUT2D eigenvalue weighted by atomic mass is 9.89. The van der Waals surface area contributed by atoms with E-state index in [9.17, 15) is 9.59 Å². The van der Waals surface area contributed by atoms with Crippen molar-refractivity contribution in [2.75, 3.05) is 30.5 Å². The minimum absolute atomic E-state index is 0.200. The molecule has 0 saturated carbocycles. The molecule has 1 aromatic heterocycles. The van der Waals surface area contributed by atoms with Gasteiger partial charge in [0.2, 0.25) is 11.9 Å². The number of fused-ring (bicyclic) bond motifs is 3. The standard InChI is InChI=1S/C28H28N4O3/c1-4-35-27(34)24-25(20-14-16-21(17-15-20)30(2)3)32-23-13-9-8-12-22(23)29-28(32)31(26(24)33)18-19-10-6-5-7-11-19/h5-17,24-25H,4,18H2,1-3H3/t24-,25+/m1/s1. The van der Waals surface area contributed by atoms with Crippen LogP contribution in [0.2, 0.25) is 0 Å². The number of hydrogen-bond donors (Lipinski definition) is 0. The van der Waals surface area contributed by atoms with E-state index in [1.165, 1.54) is 0 Å². The second kappa shape index (κ2) is 9.25. The molecule has 1 amide bonds. The highest BCUT2D eigenvalue weighted by Gasteiger charge is 2.47. The third-order valence-electron chi connectivity index (χ3n) is 6.42. The van der Waals surface area contributed by atoms with E-state index in [0.717, 1.165) is 27.8 Å². The zero-order chi connectivity index (χ0) is 24.5. The van der Waals surface area contributed by atoms with Gasteiger partial charge >= 0.3 is 5.97 Å². The van der Waals surface area contributed by atoms with Gasteiger partial charge in [0.1, 0.15) is 0 Å². The molecule has 0 spiro atoms. The fraction of sp³-hybridized carbons (Fsp3) is 0.250. The van der Waals surface area contributed by atoms with Crippen LogP contribution < -0.4 is 9.80 Å². The Bertz CT molecular complexity index is 1360. The fourth-order valence-corrected chi connectivity index (χ4v) is 4.73. The van der Waals surface area contributed by atoms with Crippen LogP contribution in [0.5, 0.6) is 0 Å². The fourth-order valence-electron chi connectivity index (χ4n) is 4.73. The van der Waals surface area contributed by atoms with Crippen molar-refractivity contribution in [1.29, 1.82) is 0 Å². The monoisotopic (exact) mass is 468 g/mol. The number of amides is 1. The van der Waals surface area contributed by atoms with Crippen molar-refractivity contribution in [2.45, 2.75) is 19.5 Å². The molecule has 0 saturated heterocycles. The van der Waals surface area contributed by atoms with Gasteiger partial charge in [-0.2, -0.15) is 0 Å². The molecule has 178 valence electrons. The molecule has 0 aliphatic carbocycles. The Morgan fingerprint density at radius 3 is 2.34 bits per heavy atom. The molecule has 0 fully saturated rings. The number of aromatic nitrogens is 2.